The summed E-state index contributed by atoms with van der Waals surface area (Å²) in [6, 6.07) is 13.2. The van der Waals surface area contributed by atoms with Crippen LogP contribution in [0.5, 0.6) is 0 Å². The van der Waals surface area contributed by atoms with Crippen LogP contribution in [0.15, 0.2) is 74.4 Å². The minimum absolute atomic E-state index is 0.171. The molecular formula is C16H10BrNO3. The Morgan fingerprint density at radius 1 is 1.10 bits per heavy atom. The molecule has 0 N–H and O–H groups in total. The van der Waals surface area contributed by atoms with Crippen molar-refractivity contribution < 1.29 is 13.9 Å². The second kappa shape index (κ2) is 5.93. The topological polar surface area (TPSA) is 51.8 Å². The zero-order chi connectivity index (χ0) is 14.7. The maximum atomic E-state index is 11.7. The van der Waals surface area contributed by atoms with Crippen molar-refractivity contribution in [1.82, 2.24) is 0 Å². The van der Waals surface area contributed by atoms with E-state index in [-0.39, 0.29) is 11.6 Å². The van der Waals surface area contributed by atoms with Crippen LogP contribution in [0.1, 0.15) is 11.3 Å². The van der Waals surface area contributed by atoms with Gasteiger partial charge in [-0.15, -0.1) is 0 Å². The molecule has 1 aliphatic rings. The lowest BCUT2D eigenvalue weighted by Gasteiger charge is -1.92. The van der Waals surface area contributed by atoms with Gasteiger partial charge in [-0.1, -0.05) is 42.5 Å². The monoisotopic (exact) mass is 343 g/mol. The molecular weight excluding hydrogens is 334 g/mol. The molecule has 0 bridgehead atoms. The molecule has 0 atom stereocenters. The van der Waals surface area contributed by atoms with Crippen LogP contribution in [0.4, 0.5) is 0 Å². The summed E-state index contributed by atoms with van der Waals surface area (Å²) in [6.07, 6.45) is 5.26. The fourth-order valence-corrected chi connectivity index (χ4v) is 2.08. The molecule has 2 heterocycles. The molecule has 0 aliphatic carbocycles. The minimum Gasteiger partial charge on any atom is -0.444 e. The summed E-state index contributed by atoms with van der Waals surface area (Å²) in [4.78, 5) is 15.8. The number of hydrogen-bond acceptors (Lipinski definition) is 4. The molecule has 1 aromatic heterocycles. The van der Waals surface area contributed by atoms with Crippen LogP contribution in [0.25, 0.3) is 6.08 Å². The van der Waals surface area contributed by atoms with Crippen molar-refractivity contribution in [1.29, 1.82) is 0 Å². The van der Waals surface area contributed by atoms with Crippen molar-refractivity contribution in [3.05, 3.63) is 76.3 Å². The zero-order valence-electron chi connectivity index (χ0n) is 10.8. The molecule has 0 fully saturated rings. The molecule has 1 aromatic carbocycles. The molecule has 21 heavy (non-hydrogen) atoms. The lowest BCUT2D eigenvalue weighted by Crippen LogP contribution is -2.04. The fourth-order valence-electron chi connectivity index (χ4n) is 1.77. The fraction of sp³-hybridized carbons (Fsp3) is 0. The predicted molar refractivity (Wildman–Crippen MR) is 82.6 cm³/mol. The van der Waals surface area contributed by atoms with E-state index in [4.69, 9.17) is 9.15 Å². The third-order valence-corrected chi connectivity index (χ3v) is 3.17. The average molecular weight is 344 g/mol. The number of halogens is 1. The van der Waals surface area contributed by atoms with E-state index in [0.717, 1.165) is 5.56 Å². The predicted octanol–water partition coefficient (Wildman–Crippen LogP) is 3.94. The Balaban J connectivity index is 1.79. The zero-order valence-corrected chi connectivity index (χ0v) is 12.4. The van der Waals surface area contributed by atoms with E-state index in [1.807, 2.05) is 36.4 Å². The lowest BCUT2D eigenvalue weighted by molar-refractivity contribution is -0.130. The summed E-state index contributed by atoms with van der Waals surface area (Å²) in [6.45, 7) is 0. The Labute approximate surface area is 129 Å². The van der Waals surface area contributed by atoms with Crippen molar-refractivity contribution >= 4 is 33.9 Å². The number of esters is 1. The molecule has 104 valence electrons. The van der Waals surface area contributed by atoms with Crippen LogP contribution in [0.3, 0.4) is 0 Å². The molecule has 0 saturated carbocycles. The highest BCUT2D eigenvalue weighted by Gasteiger charge is 2.25. The number of ether oxygens (including phenoxy) is 1. The first-order chi connectivity index (χ1) is 10.2. The molecule has 0 spiro atoms. The molecule has 4 nitrogen and oxygen atoms in total. The summed E-state index contributed by atoms with van der Waals surface area (Å²) >= 11 is 3.19. The third kappa shape index (κ3) is 3.20. The Morgan fingerprint density at radius 3 is 2.62 bits per heavy atom. The van der Waals surface area contributed by atoms with Crippen molar-refractivity contribution in [3.63, 3.8) is 0 Å². The highest BCUT2D eigenvalue weighted by atomic mass is 79.9. The Bertz CT molecular complexity index is 757. The largest absolute Gasteiger partial charge is 0.444 e. The van der Waals surface area contributed by atoms with Gasteiger partial charge < -0.3 is 9.15 Å². The second-order valence-corrected chi connectivity index (χ2v) is 5.01. The van der Waals surface area contributed by atoms with Crippen molar-refractivity contribution in [3.8, 4) is 0 Å². The van der Waals surface area contributed by atoms with Crippen LogP contribution < -0.4 is 0 Å². The molecule has 0 radical (unpaired) electrons. The van der Waals surface area contributed by atoms with Crippen molar-refractivity contribution in [2.75, 3.05) is 0 Å². The van der Waals surface area contributed by atoms with E-state index in [0.29, 0.717) is 10.4 Å². The third-order valence-electron chi connectivity index (χ3n) is 2.75. The van der Waals surface area contributed by atoms with Gasteiger partial charge in [0.15, 0.2) is 16.1 Å². The summed E-state index contributed by atoms with van der Waals surface area (Å²) in [5.41, 5.74) is 1.28. The highest BCUT2D eigenvalue weighted by Crippen LogP contribution is 2.20. The van der Waals surface area contributed by atoms with Crippen LogP contribution in [-0.4, -0.2) is 11.9 Å². The maximum absolute atomic E-state index is 11.7. The number of hydrogen-bond donors (Lipinski definition) is 0. The van der Waals surface area contributed by atoms with Crippen LogP contribution in [-0.2, 0) is 9.53 Å². The number of cyclic esters (lactones) is 1. The van der Waals surface area contributed by atoms with Gasteiger partial charge in [0, 0.05) is 0 Å². The first kappa shape index (κ1) is 13.6. The number of carbonyl (C=O) groups excluding carboxylic acids is 1. The van der Waals surface area contributed by atoms with E-state index in [1.165, 1.54) is 0 Å². The number of benzene rings is 1. The Hall–Kier alpha value is -2.40. The summed E-state index contributed by atoms with van der Waals surface area (Å²) in [5, 5.41) is 0. The molecule has 0 amide bonds. The maximum Gasteiger partial charge on any atom is 0.363 e. The number of aliphatic imine (C=N–C) groups is 1. The molecule has 0 saturated heterocycles. The van der Waals surface area contributed by atoms with Crippen molar-refractivity contribution in [2.24, 2.45) is 4.99 Å². The van der Waals surface area contributed by atoms with Gasteiger partial charge in [0.2, 0.25) is 0 Å². The Morgan fingerprint density at radius 2 is 1.90 bits per heavy atom. The highest BCUT2D eigenvalue weighted by molar-refractivity contribution is 9.10. The van der Waals surface area contributed by atoms with Gasteiger partial charge in [-0.25, -0.2) is 9.79 Å². The lowest BCUT2D eigenvalue weighted by atomic mass is 10.2. The van der Waals surface area contributed by atoms with Crippen molar-refractivity contribution in [2.45, 2.75) is 0 Å². The van der Waals surface area contributed by atoms with E-state index >= 15 is 0 Å². The van der Waals surface area contributed by atoms with E-state index in [1.54, 1.807) is 24.3 Å². The average Bonchev–Trinajstić information content (AvgIpc) is 3.07. The molecule has 1 aliphatic heterocycles. The SMILES string of the molecule is O=C1OC(c2ccc(Br)o2)=N/C1=C/C=C/c1ccccc1. The Kier molecular flexibility index (Phi) is 3.83. The van der Waals surface area contributed by atoms with Crippen LogP contribution in [0.2, 0.25) is 0 Å². The molecule has 5 heteroatoms. The number of rotatable bonds is 3. The van der Waals surface area contributed by atoms with Crippen LogP contribution in [0, 0.1) is 0 Å². The van der Waals surface area contributed by atoms with Gasteiger partial charge in [-0.05, 0) is 39.7 Å². The van der Waals surface area contributed by atoms with E-state index < -0.39 is 5.97 Å². The molecule has 3 rings (SSSR count). The summed E-state index contributed by atoms with van der Waals surface area (Å²) in [5.74, 6) is 0.0889. The normalized spacial score (nSPS) is 16.5. The minimum atomic E-state index is -0.491. The molecule has 0 unspecified atom stereocenters. The smallest absolute Gasteiger partial charge is 0.363 e. The number of nitrogens with zero attached hydrogens (tertiary/aromatic N) is 1. The first-order valence-electron chi connectivity index (χ1n) is 6.22. The van der Waals surface area contributed by atoms with Gasteiger partial charge in [-0.3, -0.25) is 0 Å². The van der Waals surface area contributed by atoms with E-state index in [2.05, 4.69) is 20.9 Å². The summed E-state index contributed by atoms with van der Waals surface area (Å²) < 4.78 is 10.9. The van der Waals surface area contributed by atoms with Gasteiger partial charge >= 0.3 is 5.97 Å². The molecule has 2 aromatic rings. The van der Waals surface area contributed by atoms with Crippen LogP contribution >= 0.6 is 15.9 Å². The van der Waals surface area contributed by atoms with Gasteiger partial charge in [0.25, 0.3) is 5.90 Å². The van der Waals surface area contributed by atoms with E-state index in [9.17, 15) is 4.79 Å². The quantitative estimate of drug-likeness (QED) is 0.626. The summed E-state index contributed by atoms with van der Waals surface area (Å²) in [7, 11) is 0. The van der Waals surface area contributed by atoms with Gasteiger partial charge in [0.05, 0.1) is 0 Å². The van der Waals surface area contributed by atoms with Gasteiger partial charge in [0.1, 0.15) is 0 Å². The number of allylic oxidation sites excluding steroid dienone is 2. The number of furan rings is 1. The van der Waals surface area contributed by atoms with Gasteiger partial charge in [-0.2, -0.15) is 0 Å². The number of carbonyl (C=O) groups is 1. The first-order valence-corrected chi connectivity index (χ1v) is 7.02. The standard InChI is InChI=1S/C16H10BrNO3/c17-14-10-9-13(20-14)15-18-12(16(19)21-15)8-4-7-11-5-2-1-3-6-11/h1-10H/b7-4+,12-8+. The second-order valence-electron chi connectivity index (χ2n) is 4.23.